The molecule has 2 fully saturated rings. The van der Waals surface area contributed by atoms with Crippen LogP contribution < -0.4 is 10.0 Å². The first-order valence-corrected chi connectivity index (χ1v) is 8.33. The maximum atomic E-state index is 12.3. The minimum Gasteiger partial charge on any atom is -0.316 e. The fourth-order valence-corrected chi connectivity index (χ4v) is 5.64. The van der Waals surface area contributed by atoms with Gasteiger partial charge in [-0.3, -0.25) is 0 Å². The second-order valence-electron chi connectivity index (χ2n) is 4.68. The van der Waals surface area contributed by atoms with Gasteiger partial charge in [0.05, 0.1) is 5.02 Å². The van der Waals surface area contributed by atoms with Gasteiger partial charge in [-0.15, -0.1) is 0 Å². The molecule has 0 aromatic heterocycles. The molecule has 3 rings (SSSR count). The van der Waals surface area contributed by atoms with Crippen molar-refractivity contribution in [3.8, 4) is 0 Å². The Morgan fingerprint density at radius 1 is 1.33 bits per heavy atom. The highest BCUT2D eigenvalue weighted by molar-refractivity contribution is 9.10. The van der Waals surface area contributed by atoms with E-state index in [-0.39, 0.29) is 16.0 Å². The topological polar surface area (TPSA) is 58.2 Å². The van der Waals surface area contributed by atoms with Gasteiger partial charge in [0, 0.05) is 10.5 Å². The van der Waals surface area contributed by atoms with Crippen LogP contribution in [-0.2, 0) is 10.0 Å². The van der Waals surface area contributed by atoms with Crippen molar-refractivity contribution in [2.75, 3.05) is 13.1 Å². The molecular weight excluding hydrogens is 340 g/mol. The van der Waals surface area contributed by atoms with E-state index in [1.54, 1.807) is 18.2 Å². The van der Waals surface area contributed by atoms with Crippen molar-refractivity contribution in [2.45, 2.75) is 10.9 Å². The van der Waals surface area contributed by atoms with Crippen LogP contribution in [0.5, 0.6) is 0 Å². The Balaban J connectivity index is 1.86. The lowest BCUT2D eigenvalue weighted by atomic mass is 10.4. The fourth-order valence-electron chi connectivity index (χ4n) is 2.57. The van der Waals surface area contributed by atoms with Gasteiger partial charge in [0.25, 0.3) is 0 Å². The van der Waals surface area contributed by atoms with Crippen LogP contribution in [-0.4, -0.2) is 27.5 Å². The fraction of sp³-hybridized carbons (Fsp3) is 0.455. The van der Waals surface area contributed by atoms with E-state index in [2.05, 4.69) is 26.0 Å². The predicted molar refractivity (Wildman–Crippen MR) is 73.1 cm³/mol. The molecule has 2 N–H and O–H groups in total. The minimum atomic E-state index is -3.56. The lowest BCUT2D eigenvalue weighted by Crippen LogP contribution is -2.32. The van der Waals surface area contributed by atoms with E-state index in [1.165, 1.54) is 0 Å². The highest BCUT2D eigenvalue weighted by Crippen LogP contribution is 2.43. The number of rotatable bonds is 3. The molecule has 0 radical (unpaired) electrons. The van der Waals surface area contributed by atoms with Crippen molar-refractivity contribution in [1.82, 2.24) is 10.0 Å². The van der Waals surface area contributed by atoms with Gasteiger partial charge in [-0.05, 0) is 53.0 Å². The van der Waals surface area contributed by atoms with Gasteiger partial charge in [0.1, 0.15) is 4.90 Å². The summed E-state index contributed by atoms with van der Waals surface area (Å²) >= 11 is 9.22. The molecule has 98 valence electrons. The van der Waals surface area contributed by atoms with Crippen LogP contribution in [0.2, 0.25) is 5.02 Å². The second-order valence-corrected chi connectivity index (χ2v) is 7.60. The smallest absolute Gasteiger partial charge is 0.243 e. The molecule has 1 saturated heterocycles. The maximum absolute atomic E-state index is 12.3. The van der Waals surface area contributed by atoms with Crippen LogP contribution in [0.1, 0.15) is 0 Å². The van der Waals surface area contributed by atoms with Crippen molar-refractivity contribution < 1.29 is 8.42 Å². The Kier molecular flexibility index (Phi) is 3.18. The molecule has 1 saturated carbocycles. The van der Waals surface area contributed by atoms with Gasteiger partial charge in [0.2, 0.25) is 10.0 Å². The SMILES string of the molecule is O=S(=O)(NC1C2CNCC21)c1c(Cl)cccc1Br. The third kappa shape index (κ3) is 2.10. The van der Waals surface area contributed by atoms with E-state index in [1.807, 2.05) is 0 Å². The Bertz CT molecular complexity index is 562. The molecule has 7 heteroatoms. The first-order chi connectivity index (χ1) is 8.50. The summed E-state index contributed by atoms with van der Waals surface area (Å²) in [4.78, 5) is 0.129. The van der Waals surface area contributed by atoms with Crippen LogP contribution >= 0.6 is 27.5 Å². The van der Waals surface area contributed by atoms with Crippen LogP contribution in [0.25, 0.3) is 0 Å². The van der Waals surface area contributed by atoms with E-state index in [9.17, 15) is 8.42 Å². The number of piperidine rings is 1. The van der Waals surface area contributed by atoms with Gasteiger partial charge < -0.3 is 5.32 Å². The number of halogens is 2. The minimum absolute atomic E-state index is 0.0550. The molecule has 1 aromatic rings. The van der Waals surface area contributed by atoms with E-state index in [4.69, 9.17) is 11.6 Å². The largest absolute Gasteiger partial charge is 0.316 e. The van der Waals surface area contributed by atoms with Gasteiger partial charge >= 0.3 is 0 Å². The summed E-state index contributed by atoms with van der Waals surface area (Å²) in [6.45, 7) is 1.78. The zero-order valence-electron chi connectivity index (χ0n) is 9.36. The van der Waals surface area contributed by atoms with Crippen LogP contribution in [0.4, 0.5) is 0 Å². The molecular formula is C11H12BrClN2O2S. The summed E-state index contributed by atoms with van der Waals surface area (Å²) in [5.41, 5.74) is 0. The quantitative estimate of drug-likeness (QED) is 0.869. The van der Waals surface area contributed by atoms with Crippen molar-refractivity contribution >= 4 is 37.6 Å². The van der Waals surface area contributed by atoms with Crippen molar-refractivity contribution in [3.63, 3.8) is 0 Å². The first kappa shape index (κ1) is 12.9. The van der Waals surface area contributed by atoms with Crippen molar-refractivity contribution in [3.05, 3.63) is 27.7 Å². The molecule has 1 aliphatic heterocycles. The van der Waals surface area contributed by atoms with E-state index in [0.29, 0.717) is 16.3 Å². The monoisotopic (exact) mass is 350 g/mol. The number of fused-ring (bicyclic) bond motifs is 1. The summed E-state index contributed by atoms with van der Waals surface area (Å²) in [6.07, 6.45) is 0. The average molecular weight is 352 g/mol. The molecule has 1 aliphatic carbocycles. The zero-order chi connectivity index (χ0) is 12.9. The molecule has 1 aromatic carbocycles. The van der Waals surface area contributed by atoms with Gasteiger partial charge in [-0.2, -0.15) is 0 Å². The zero-order valence-corrected chi connectivity index (χ0v) is 12.5. The van der Waals surface area contributed by atoms with Gasteiger partial charge in [-0.25, -0.2) is 13.1 Å². The number of sulfonamides is 1. The van der Waals surface area contributed by atoms with E-state index in [0.717, 1.165) is 13.1 Å². The second kappa shape index (κ2) is 4.45. The summed E-state index contributed by atoms with van der Waals surface area (Å²) in [6, 6.07) is 5.02. The molecule has 4 nitrogen and oxygen atoms in total. The van der Waals surface area contributed by atoms with Crippen molar-refractivity contribution in [1.29, 1.82) is 0 Å². The molecule has 0 bridgehead atoms. The molecule has 2 aliphatic rings. The van der Waals surface area contributed by atoms with E-state index >= 15 is 0 Å². The number of benzene rings is 1. The third-order valence-corrected chi connectivity index (χ3v) is 6.48. The van der Waals surface area contributed by atoms with Crippen LogP contribution in [0, 0.1) is 11.8 Å². The summed E-state index contributed by atoms with van der Waals surface area (Å²) in [5, 5.41) is 3.47. The predicted octanol–water partition coefficient (Wildman–Crippen LogP) is 1.60. The lowest BCUT2D eigenvalue weighted by molar-refractivity contribution is 0.565. The van der Waals surface area contributed by atoms with Crippen molar-refractivity contribution in [2.24, 2.45) is 11.8 Å². The third-order valence-electron chi connectivity index (χ3n) is 3.57. The summed E-state index contributed by atoms with van der Waals surface area (Å²) in [5.74, 6) is 0.863. The summed E-state index contributed by atoms with van der Waals surface area (Å²) in [7, 11) is -3.56. The molecule has 18 heavy (non-hydrogen) atoms. The molecule has 0 amide bonds. The Morgan fingerprint density at radius 2 is 2.00 bits per heavy atom. The highest BCUT2D eigenvalue weighted by atomic mass is 79.9. The van der Waals surface area contributed by atoms with Gasteiger partial charge in [-0.1, -0.05) is 17.7 Å². The standard InChI is InChI=1S/C11H12BrClN2O2S/c12-8-2-1-3-9(13)11(8)18(16,17)15-10-6-4-14-5-7(6)10/h1-3,6-7,10,14-15H,4-5H2. The molecule has 2 atom stereocenters. The molecule has 2 unspecified atom stereocenters. The number of hydrogen-bond acceptors (Lipinski definition) is 3. The number of hydrogen-bond donors (Lipinski definition) is 2. The highest BCUT2D eigenvalue weighted by Gasteiger charge is 2.54. The van der Waals surface area contributed by atoms with Crippen LogP contribution in [0.15, 0.2) is 27.6 Å². The van der Waals surface area contributed by atoms with Gasteiger partial charge in [0.15, 0.2) is 0 Å². The average Bonchev–Trinajstić information content (AvgIpc) is 2.74. The normalized spacial score (nSPS) is 30.2. The molecule has 0 spiro atoms. The van der Waals surface area contributed by atoms with Crippen LogP contribution in [0.3, 0.4) is 0 Å². The summed E-state index contributed by atoms with van der Waals surface area (Å²) < 4.78 is 27.9. The Morgan fingerprint density at radius 3 is 2.61 bits per heavy atom. The maximum Gasteiger partial charge on any atom is 0.243 e. The first-order valence-electron chi connectivity index (χ1n) is 5.68. The number of nitrogens with one attached hydrogen (secondary N) is 2. The Hall–Kier alpha value is -0.140. The lowest BCUT2D eigenvalue weighted by Gasteiger charge is -2.11. The van der Waals surface area contributed by atoms with E-state index < -0.39 is 10.0 Å². The molecule has 1 heterocycles. The Labute approximate surface area is 119 Å².